The van der Waals surface area contributed by atoms with Gasteiger partial charge in [-0.05, 0) is 49.8 Å². The van der Waals surface area contributed by atoms with Gasteiger partial charge in [0.1, 0.15) is 5.69 Å². The Bertz CT molecular complexity index is 798. The average Bonchev–Trinajstić information content (AvgIpc) is 3.38. The highest BCUT2D eigenvalue weighted by Crippen LogP contribution is 2.28. The van der Waals surface area contributed by atoms with Crippen molar-refractivity contribution in [1.29, 1.82) is 0 Å². The molecule has 1 saturated carbocycles. The van der Waals surface area contributed by atoms with Gasteiger partial charge < -0.3 is 9.32 Å². The Morgan fingerprint density at radius 2 is 1.88 bits per heavy atom. The molecule has 0 atom stereocenters. The monoisotopic (exact) mass is 355 g/mol. The molecule has 1 aliphatic heterocycles. The van der Waals surface area contributed by atoms with Crippen LogP contribution in [0.2, 0.25) is 0 Å². The molecule has 0 bridgehead atoms. The van der Waals surface area contributed by atoms with Gasteiger partial charge in [0, 0.05) is 31.6 Å². The van der Waals surface area contributed by atoms with Gasteiger partial charge in [-0.25, -0.2) is 4.68 Å². The number of nitrogens with zero attached hydrogens (tertiary/aromatic N) is 3. The van der Waals surface area contributed by atoms with Crippen LogP contribution >= 0.6 is 0 Å². The molecule has 0 radical (unpaired) electrons. The van der Waals surface area contributed by atoms with E-state index in [2.05, 4.69) is 5.10 Å². The number of amides is 1. The van der Waals surface area contributed by atoms with Crippen LogP contribution in [0.4, 0.5) is 0 Å². The Morgan fingerprint density at radius 3 is 2.58 bits per heavy atom. The van der Waals surface area contributed by atoms with Crippen LogP contribution in [0.25, 0.3) is 11.5 Å². The van der Waals surface area contributed by atoms with E-state index in [1.165, 1.54) is 17.5 Å². The van der Waals surface area contributed by atoms with Crippen molar-refractivity contribution in [1.82, 2.24) is 14.7 Å². The summed E-state index contributed by atoms with van der Waals surface area (Å²) in [5, 5.41) is 4.46. The predicted octanol–water partition coefficient (Wildman–Crippen LogP) is 2.93. The van der Waals surface area contributed by atoms with Crippen LogP contribution < -0.4 is 5.56 Å². The molecule has 0 N–H and O–H groups in total. The Hall–Kier alpha value is -2.37. The molecule has 2 fully saturated rings. The van der Waals surface area contributed by atoms with Gasteiger partial charge in [-0.1, -0.05) is 12.8 Å². The van der Waals surface area contributed by atoms with Crippen LogP contribution in [0.1, 0.15) is 38.5 Å². The molecule has 6 heteroatoms. The number of piperidine rings is 1. The van der Waals surface area contributed by atoms with Crippen molar-refractivity contribution < 1.29 is 9.21 Å². The summed E-state index contributed by atoms with van der Waals surface area (Å²) in [5.74, 6) is 1.63. The van der Waals surface area contributed by atoms with Crippen LogP contribution in [0, 0.1) is 11.8 Å². The van der Waals surface area contributed by atoms with Gasteiger partial charge in [-0.15, -0.1) is 0 Å². The molecule has 0 unspecified atom stereocenters. The molecule has 26 heavy (non-hydrogen) atoms. The Kier molecular flexibility index (Phi) is 4.91. The molecule has 4 rings (SSSR count). The van der Waals surface area contributed by atoms with E-state index in [1.807, 2.05) is 17.0 Å². The number of rotatable bonds is 4. The fraction of sp³-hybridized carbons (Fsp3) is 0.550. The summed E-state index contributed by atoms with van der Waals surface area (Å²) in [6.07, 6.45) is 7.94. The lowest BCUT2D eigenvalue weighted by atomic mass is 9.95. The number of hydrogen-bond donors (Lipinski definition) is 0. The second-order valence-corrected chi connectivity index (χ2v) is 7.47. The highest BCUT2D eigenvalue weighted by molar-refractivity contribution is 5.79. The summed E-state index contributed by atoms with van der Waals surface area (Å²) in [6.45, 7) is 2.19. The summed E-state index contributed by atoms with van der Waals surface area (Å²) in [4.78, 5) is 26.7. The molecular weight excluding hydrogens is 330 g/mol. The van der Waals surface area contributed by atoms with Crippen LogP contribution in [0.5, 0.6) is 0 Å². The predicted molar refractivity (Wildman–Crippen MR) is 97.5 cm³/mol. The van der Waals surface area contributed by atoms with Crippen molar-refractivity contribution in [3.63, 3.8) is 0 Å². The SMILES string of the molecule is O=C(C1CCCC1)N1CCC(Cn2nc(-c3ccco3)ccc2=O)CC1. The lowest BCUT2D eigenvalue weighted by molar-refractivity contribution is -0.136. The van der Waals surface area contributed by atoms with E-state index in [1.54, 1.807) is 18.4 Å². The lowest BCUT2D eigenvalue weighted by Gasteiger charge is -2.33. The normalized spacial score (nSPS) is 19.2. The fourth-order valence-corrected chi connectivity index (χ4v) is 4.15. The van der Waals surface area contributed by atoms with Gasteiger partial charge in [-0.2, -0.15) is 5.10 Å². The van der Waals surface area contributed by atoms with Crippen molar-refractivity contribution in [2.45, 2.75) is 45.1 Å². The summed E-state index contributed by atoms with van der Waals surface area (Å²) >= 11 is 0. The van der Waals surface area contributed by atoms with E-state index < -0.39 is 0 Å². The number of carbonyl (C=O) groups is 1. The Balaban J connectivity index is 1.38. The van der Waals surface area contributed by atoms with Crippen molar-refractivity contribution in [2.24, 2.45) is 11.8 Å². The zero-order valence-electron chi connectivity index (χ0n) is 15.0. The van der Waals surface area contributed by atoms with Gasteiger partial charge in [-0.3, -0.25) is 9.59 Å². The maximum Gasteiger partial charge on any atom is 0.266 e. The highest BCUT2D eigenvalue weighted by atomic mass is 16.3. The topological polar surface area (TPSA) is 68.3 Å². The zero-order valence-corrected chi connectivity index (χ0v) is 15.0. The smallest absolute Gasteiger partial charge is 0.266 e. The second-order valence-electron chi connectivity index (χ2n) is 7.47. The average molecular weight is 355 g/mol. The van der Waals surface area contributed by atoms with E-state index in [4.69, 9.17) is 4.42 Å². The van der Waals surface area contributed by atoms with Crippen molar-refractivity contribution in [3.8, 4) is 11.5 Å². The van der Waals surface area contributed by atoms with Gasteiger partial charge in [0.15, 0.2) is 5.76 Å². The third kappa shape index (κ3) is 3.59. The molecule has 6 nitrogen and oxygen atoms in total. The first-order valence-corrected chi connectivity index (χ1v) is 9.61. The number of furan rings is 1. The van der Waals surface area contributed by atoms with Gasteiger partial charge in [0.25, 0.3) is 5.56 Å². The summed E-state index contributed by atoms with van der Waals surface area (Å²) in [5.41, 5.74) is 0.577. The molecule has 0 aromatic carbocycles. The maximum atomic E-state index is 12.5. The molecular formula is C20H25N3O3. The molecule has 3 heterocycles. The molecule has 1 saturated heterocycles. The molecule has 1 aliphatic carbocycles. The minimum Gasteiger partial charge on any atom is -0.463 e. The fourth-order valence-electron chi connectivity index (χ4n) is 4.15. The summed E-state index contributed by atoms with van der Waals surface area (Å²) < 4.78 is 6.91. The van der Waals surface area contributed by atoms with E-state index >= 15 is 0 Å². The van der Waals surface area contributed by atoms with Crippen molar-refractivity contribution in [2.75, 3.05) is 13.1 Å². The highest BCUT2D eigenvalue weighted by Gasteiger charge is 2.30. The zero-order chi connectivity index (χ0) is 17.9. The first-order chi connectivity index (χ1) is 12.7. The largest absolute Gasteiger partial charge is 0.463 e. The lowest BCUT2D eigenvalue weighted by Crippen LogP contribution is -2.42. The Labute approximate surface area is 152 Å². The Morgan fingerprint density at radius 1 is 1.12 bits per heavy atom. The third-order valence-corrected chi connectivity index (χ3v) is 5.70. The quantitative estimate of drug-likeness (QED) is 0.846. The number of aromatic nitrogens is 2. The molecule has 138 valence electrons. The van der Waals surface area contributed by atoms with Crippen LogP contribution in [-0.4, -0.2) is 33.7 Å². The van der Waals surface area contributed by atoms with E-state index in [0.29, 0.717) is 29.8 Å². The molecule has 2 aromatic heterocycles. The third-order valence-electron chi connectivity index (χ3n) is 5.70. The van der Waals surface area contributed by atoms with Gasteiger partial charge >= 0.3 is 0 Å². The summed E-state index contributed by atoms with van der Waals surface area (Å²) in [7, 11) is 0. The molecule has 2 aliphatic rings. The van der Waals surface area contributed by atoms with Crippen molar-refractivity contribution in [3.05, 3.63) is 40.9 Å². The molecule has 2 aromatic rings. The maximum absolute atomic E-state index is 12.5. The first kappa shape index (κ1) is 17.1. The van der Waals surface area contributed by atoms with Crippen LogP contribution in [-0.2, 0) is 11.3 Å². The minimum absolute atomic E-state index is 0.0928. The first-order valence-electron chi connectivity index (χ1n) is 9.61. The van der Waals surface area contributed by atoms with E-state index in [9.17, 15) is 9.59 Å². The number of hydrogen-bond acceptors (Lipinski definition) is 4. The standard InChI is InChI=1S/C20H25N3O3/c24-19-8-7-17(18-6-3-13-26-18)21-23(19)14-15-9-11-22(12-10-15)20(25)16-4-1-2-5-16/h3,6-8,13,15-16H,1-2,4-5,9-12,14H2. The van der Waals surface area contributed by atoms with E-state index in [0.717, 1.165) is 38.8 Å². The van der Waals surface area contributed by atoms with Crippen molar-refractivity contribution >= 4 is 5.91 Å². The van der Waals surface area contributed by atoms with Gasteiger partial charge in [0.05, 0.1) is 6.26 Å². The van der Waals surface area contributed by atoms with Crippen LogP contribution in [0.3, 0.4) is 0 Å². The molecule has 0 spiro atoms. The second kappa shape index (κ2) is 7.48. The minimum atomic E-state index is -0.0928. The van der Waals surface area contributed by atoms with Gasteiger partial charge in [0.2, 0.25) is 5.91 Å². The summed E-state index contributed by atoms with van der Waals surface area (Å²) in [6, 6.07) is 6.89. The van der Waals surface area contributed by atoms with Crippen LogP contribution in [0.15, 0.2) is 39.7 Å². The molecule has 1 amide bonds. The number of carbonyl (C=O) groups excluding carboxylic acids is 1. The van der Waals surface area contributed by atoms with E-state index in [-0.39, 0.29) is 11.5 Å². The number of likely N-dealkylation sites (tertiary alicyclic amines) is 1.